The molecule has 6 aliphatic carbocycles. The number of rotatable bonds is 0. The number of carbonyl (C=O) groups excluding carboxylic acids is 2. The van der Waals surface area contributed by atoms with Gasteiger partial charge in [-0.3, -0.25) is 9.59 Å². The summed E-state index contributed by atoms with van der Waals surface area (Å²) < 4.78 is 0. The molecule has 4 bridgehead atoms. The highest BCUT2D eigenvalue weighted by Gasteiger charge is 2.87. The van der Waals surface area contributed by atoms with Gasteiger partial charge < -0.3 is 0 Å². The van der Waals surface area contributed by atoms with E-state index in [9.17, 15) is 9.59 Å². The van der Waals surface area contributed by atoms with Gasteiger partial charge in [0.15, 0.2) is 11.6 Å². The summed E-state index contributed by atoms with van der Waals surface area (Å²) >= 11 is 0. The molecule has 0 amide bonds. The number of hydrogen-bond acceptors (Lipinski definition) is 2. The Kier molecular flexibility index (Phi) is 2.12. The Morgan fingerprint density at radius 2 is 1.68 bits per heavy atom. The lowest BCUT2D eigenvalue weighted by Gasteiger charge is -2.63. The van der Waals surface area contributed by atoms with E-state index in [1.54, 1.807) is 0 Å². The zero-order valence-electron chi connectivity index (χ0n) is 14.4. The van der Waals surface area contributed by atoms with Crippen molar-refractivity contribution >= 4 is 11.6 Å². The third kappa shape index (κ3) is 1.09. The minimum atomic E-state index is -0.563. The van der Waals surface area contributed by atoms with Gasteiger partial charge in [-0.05, 0) is 60.7 Å². The summed E-state index contributed by atoms with van der Waals surface area (Å²) in [6.45, 7) is 9.37. The second kappa shape index (κ2) is 3.39. The van der Waals surface area contributed by atoms with E-state index in [2.05, 4.69) is 27.7 Å². The van der Waals surface area contributed by atoms with E-state index >= 15 is 0 Å². The van der Waals surface area contributed by atoms with Crippen LogP contribution in [-0.2, 0) is 9.59 Å². The maximum Gasteiger partial charge on any atom is 0.153 e. The van der Waals surface area contributed by atoms with Gasteiger partial charge in [-0.1, -0.05) is 34.1 Å². The molecule has 0 N–H and O–H groups in total. The van der Waals surface area contributed by atoms with E-state index in [-0.39, 0.29) is 16.7 Å². The lowest BCUT2D eigenvalue weighted by molar-refractivity contribution is -0.179. The maximum atomic E-state index is 13.3. The second-order valence-electron chi connectivity index (χ2n) is 10.3. The molecule has 7 atom stereocenters. The molecule has 0 heterocycles. The minimum Gasteiger partial charge on any atom is -0.298 e. The molecule has 0 aliphatic heterocycles. The van der Waals surface area contributed by atoms with Crippen LogP contribution in [0.3, 0.4) is 0 Å². The molecule has 120 valence electrons. The van der Waals surface area contributed by atoms with Crippen LogP contribution in [0.4, 0.5) is 0 Å². The van der Waals surface area contributed by atoms with E-state index in [0.29, 0.717) is 34.7 Å². The summed E-state index contributed by atoms with van der Waals surface area (Å²) in [6.07, 6.45) is 6.89. The average Bonchev–Trinajstić information content (AvgIpc) is 3.01. The fraction of sp³-hybridized carbons (Fsp3) is 0.900. The lowest BCUT2D eigenvalue weighted by Crippen LogP contribution is -2.62. The van der Waals surface area contributed by atoms with Gasteiger partial charge in [-0.2, -0.15) is 0 Å². The summed E-state index contributed by atoms with van der Waals surface area (Å²) in [5, 5.41) is 0. The van der Waals surface area contributed by atoms with Crippen molar-refractivity contribution in [2.45, 2.75) is 66.2 Å². The topological polar surface area (TPSA) is 34.1 Å². The third-order valence-electron chi connectivity index (χ3n) is 9.31. The molecule has 0 radical (unpaired) electrons. The summed E-state index contributed by atoms with van der Waals surface area (Å²) in [6, 6.07) is 0. The summed E-state index contributed by atoms with van der Waals surface area (Å²) in [4.78, 5) is 26.4. The number of fused-ring (bicyclic) bond motifs is 1. The molecule has 0 aromatic rings. The van der Waals surface area contributed by atoms with E-state index in [0.717, 1.165) is 19.3 Å². The SMILES string of the molecule is CC1(C)CCC[C@]2(C)[C@@H]1CC[C@@]13C(=O)[C@H]4[C@@H](C[C@H]12)[C@@]4(C)C3=O. The number of Topliss-reactive ketones (excluding diaryl/α,β-unsaturated/α-hetero) is 2. The van der Waals surface area contributed by atoms with Crippen LogP contribution < -0.4 is 0 Å². The second-order valence-corrected chi connectivity index (χ2v) is 10.3. The summed E-state index contributed by atoms with van der Waals surface area (Å²) in [7, 11) is 0. The molecule has 6 fully saturated rings. The largest absolute Gasteiger partial charge is 0.298 e. The smallest absolute Gasteiger partial charge is 0.153 e. The molecule has 0 unspecified atom stereocenters. The predicted octanol–water partition coefficient (Wildman–Crippen LogP) is 4.02. The molecule has 2 nitrogen and oxygen atoms in total. The predicted molar refractivity (Wildman–Crippen MR) is 84.1 cm³/mol. The fourth-order valence-electron chi connectivity index (χ4n) is 8.32. The average molecular weight is 300 g/mol. The monoisotopic (exact) mass is 300 g/mol. The molecule has 6 aliphatic rings. The van der Waals surface area contributed by atoms with E-state index in [4.69, 9.17) is 0 Å². The Labute approximate surface area is 133 Å². The Balaban J connectivity index is 1.65. The summed E-state index contributed by atoms with van der Waals surface area (Å²) in [5.41, 5.74) is -0.234. The molecular weight excluding hydrogens is 272 g/mol. The lowest BCUT2D eigenvalue weighted by atomic mass is 9.39. The first-order valence-corrected chi connectivity index (χ1v) is 9.30. The van der Waals surface area contributed by atoms with Crippen molar-refractivity contribution in [3.05, 3.63) is 0 Å². The van der Waals surface area contributed by atoms with Gasteiger partial charge in [0.1, 0.15) is 0 Å². The van der Waals surface area contributed by atoms with Crippen LogP contribution in [0.25, 0.3) is 0 Å². The van der Waals surface area contributed by atoms with Crippen molar-refractivity contribution < 1.29 is 9.59 Å². The van der Waals surface area contributed by atoms with Gasteiger partial charge in [0.25, 0.3) is 0 Å². The quantitative estimate of drug-likeness (QED) is 0.633. The van der Waals surface area contributed by atoms with Crippen LogP contribution in [0, 0.1) is 45.3 Å². The van der Waals surface area contributed by atoms with E-state index < -0.39 is 5.41 Å². The molecule has 6 rings (SSSR count). The van der Waals surface area contributed by atoms with Gasteiger partial charge in [0.2, 0.25) is 0 Å². The van der Waals surface area contributed by atoms with Crippen LogP contribution >= 0.6 is 0 Å². The highest BCUT2D eigenvalue weighted by Crippen LogP contribution is 2.82. The standard InChI is InChI=1S/C20H28O2/c1-17(2)7-5-8-18(3)12(17)6-9-20-13(18)10-11-14(15(20)21)19(11,4)16(20)22/h11-14H,5-10H2,1-4H3/t11-,12-,13+,14-,18-,19-,20+/m1/s1. The van der Waals surface area contributed by atoms with Crippen LogP contribution in [0.2, 0.25) is 0 Å². The van der Waals surface area contributed by atoms with Crippen LogP contribution in [0.5, 0.6) is 0 Å². The number of ketones is 2. The molecule has 0 saturated heterocycles. The van der Waals surface area contributed by atoms with Gasteiger partial charge in [0.05, 0.1) is 5.41 Å². The van der Waals surface area contributed by atoms with Gasteiger partial charge in [-0.25, -0.2) is 0 Å². The van der Waals surface area contributed by atoms with Crippen molar-refractivity contribution in [1.82, 2.24) is 0 Å². The molecule has 0 aromatic carbocycles. The van der Waals surface area contributed by atoms with Gasteiger partial charge >= 0.3 is 0 Å². The molecule has 6 saturated carbocycles. The Morgan fingerprint density at radius 1 is 0.955 bits per heavy atom. The molecule has 22 heavy (non-hydrogen) atoms. The Bertz CT molecular complexity index is 619. The van der Waals surface area contributed by atoms with Crippen molar-refractivity contribution in [3.63, 3.8) is 0 Å². The molecule has 2 heteroatoms. The zero-order valence-corrected chi connectivity index (χ0v) is 14.4. The fourth-order valence-corrected chi connectivity index (χ4v) is 8.32. The summed E-state index contributed by atoms with van der Waals surface area (Å²) in [5.74, 6) is 2.25. The Hall–Kier alpha value is -0.660. The maximum absolute atomic E-state index is 13.3. The van der Waals surface area contributed by atoms with Crippen LogP contribution in [0.15, 0.2) is 0 Å². The zero-order chi connectivity index (χ0) is 15.7. The Morgan fingerprint density at radius 3 is 2.32 bits per heavy atom. The number of hydrogen-bond donors (Lipinski definition) is 0. The van der Waals surface area contributed by atoms with E-state index in [1.165, 1.54) is 19.3 Å². The van der Waals surface area contributed by atoms with Crippen molar-refractivity contribution in [2.24, 2.45) is 45.3 Å². The van der Waals surface area contributed by atoms with E-state index in [1.807, 2.05) is 0 Å². The third-order valence-corrected chi connectivity index (χ3v) is 9.31. The minimum absolute atomic E-state index is 0.105. The molecule has 1 spiro atoms. The normalized spacial score (nSPS) is 60.7. The highest BCUT2D eigenvalue weighted by atomic mass is 16.2. The van der Waals surface area contributed by atoms with Gasteiger partial charge in [0, 0.05) is 11.3 Å². The first-order valence-electron chi connectivity index (χ1n) is 9.30. The first kappa shape index (κ1) is 13.7. The van der Waals surface area contributed by atoms with Crippen molar-refractivity contribution in [2.75, 3.05) is 0 Å². The molecular formula is C20H28O2. The van der Waals surface area contributed by atoms with Gasteiger partial charge in [-0.15, -0.1) is 0 Å². The van der Waals surface area contributed by atoms with Crippen molar-refractivity contribution in [1.29, 1.82) is 0 Å². The van der Waals surface area contributed by atoms with Crippen LogP contribution in [-0.4, -0.2) is 11.6 Å². The first-order chi connectivity index (χ1) is 10.2. The van der Waals surface area contributed by atoms with Crippen molar-refractivity contribution in [3.8, 4) is 0 Å². The molecule has 0 aromatic heterocycles. The number of carbonyl (C=O) groups is 2. The highest BCUT2D eigenvalue weighted by molar-refractivity contribution is 6.22. The van der Waals surface area contributed by atoms with Crippen LogP contribution in [0.1, 0.15) is 66.2 Å².